The molecule has 0 saturated heterocycles. The fourth-order valence-electron chi connectivity index (χ4n) is 2.04. The zero-order chi connectivity index (χ0) is 10.4. The SMILES string of the molecule is CSc1ccc2c3c(cccc13)C(=S)N2. The zero-order valence-electron chi connectivity index (χ0n) is 8.20. The smallest absolute Gasteiger partial charge is 0.111 e. The summed E-state index contributed by atoms with van der Waals surface area (Å²) < 4.78 is 0. The van der Waals surface area contributed by atoms with Gasteiger partial charge in [-0.2, -0.15) is 0 Å². The number of rotatable bonds is 1. The second-order valence-electron chi connectivity index (χ2n) is 3.50. The van der Waals surface area contributed by atoms with E-state index in [4.69, 9.17) is 12.2 Å². The molecule has 0 spiro atoms. The molecule has 1 aliphatic rings. The maximum absolute atomic E-state index is 5.30. The molecule has 0 fully saturated rings. The fourth-order valence-corrected chi connectivity index (χ4v) is 2.92. The summed E-state index contributed by atoms with van der Waals surface area (Å²) >= 11 is 7.07. The van der Waals surface area contributed by atoms with Gasteiger partial charge in [0.2, 0.25) is 0 Å². The minimum atomic E-state index is 0.842. The molecule has 0 radical (unpaired) electrons. The summed E-state index contributed by atoms with van der Waals surface area (Å²) in [5.74, 6) is 0. The largest absolute Gasteiger partial charge is 0.346 e. The van der Waals surface area contributed by atoms with Crippen molar-refractivity contribution in [2.75, 3.05) is 11.6 Å². The van der Waals surface area contributed by atoms with Crippen molar-refractivity contribution in [1.82, 2.24) is 0 Å². The number of thioether (sulfide) groups is 1. The highest BCUT2D eigenvalue weighted by Gasteiger charge is 2.18. The minimum Gasteiger partial charge on any atom is -0.346 e. The topological polar surface area (TPSA) is 12.0 Å². The Hall–Kier alpha value is -1.06. The van der Waals surface area contributed by atoms with Crippen molar-refractivity contribution in [2.45, 2.75) is 4.90 Å². The van der Waals surface area contributed by atoms with Crippen LogP contribution >= 0.6 is 24.0 Å². The van der Waals surface area contributed by atoms with Gasteiger partial charge in [-0.15, -0.1) is 11.8 Å². The molecule has 74 valence electrons. The van der Waals surface area contributed by atoms with Gasteiger partial charge in [-0.05, 0) is 23.8 Å². The van der Waals surface area contributed by atoms with Crippen LogP contribution in [0.1, 0.15) is 5.56 Å². The molecule has 1 heterocycles. The van der Waals surface area contributed by atoms with Crippen LogP contribution in [0.5, 0.6) is 0 Å². The van der Waals surface area contributed by atoms with Gasteiger partial charge in [-0.1, -0.05) is 30.4 Å². The van der Waals surface area contributed by atoms with Crippen LogP contribution in [0.3, 0.4) is 0 Å². The lowest BCUT2D eigenvalue weighted by Gasteiger charge is -2.04. The van der Waals surface area contributed by atoms with Crippen molar-refractivity contribution < 1.29 is 0 Å². The molecule has 1 aliphatic heterocycles. The average molecular weight is 231 g/mol. The lowest BCUT2D eigenvalue weighted by molar-refractivity contribution is 1.55. The van der Waals surface area contributed by atoms with Crippen LogP contribution < -0.4 is 5.32 Å². The first-order valence-electron chi connectivity index (χ1n) is 4.72. The summed E-state index contributed by atoms with van der Waals surface area (Å²) in [5.41, 5.74) is 2.30. The molecule has 3 rings (SSSR count). The molecule has 0 unspecified atom stereocenters. The van der Waals surface area contributed by atoms with Crippen molar-refractivity contribution in [3.05, 3.63) is 35.9 Å². The summed E-state index contributed by atoms with van der Waals surface area (Å²) in [6, 6.07) is 10.6. The first-order chi connectivity index (χ1) is 7.31. The number of hydrogen-bond acceptors (Lipinski definition) is 2. The van der Waals surface area contributed by atoms with E-state index in [1.165, 1.54) is 15.7 Å². The zero-order valence-corrected chi connectivity index (χ0v) is 9.84. The summed E-state index contributed by atoms with van der Waals surface area (Å²) in [6.45, 7) is 0. The van der Waals surface area contributed by atoms with Gasteiger partial charge >= 0.3 is 0 Å². The highest BCUT2D eigenvalue weighted by Crippen LogP contribution is 2.37. The van der Waals surface area contributed by atoms with Gasteiger partial charge in [0.15, 0.2) is 0 Å². The maximum atomic E-state index is 5.30. The van der Waals surface area contributed by atoms with Gasteiger partial charge in [-0.3, -0.25) is 0 Å². The van der Waals surface area contributed by atoms with Crippen molar-refractivity contribution in [3.63, 3.8) is 0 Å². The van der Waals surface area contributed by atoms with Crippen LogP contribution in [0.2, 0.25) is 0 Å². The van der Waals surface area contributed by atoms with E-state index < -0.39 is 0 Å². The third-order valence-electron chi connectivity index (χ3n) is 2.71. The second kappa shape index (κ2) is 3.22. The third kappa shape index (κ3) is 1.20. The Labute approximate surface area is 97.9 Å². The molecular formula is C12H9NS2. The van der Waals surface area contributed by atoms with E-state index in [9.17, 15) is 0 Å². The molecule has 1 nitrogen and oxygen atoms in total. The number of hydrogen-bond donors (Lipinski definition) is 1. The molecule has 0 saturated carbocycles. The van der Waals surface area contributed by atoms with E-state index in [-0.39, 0.29) is 0 Å². The quantitative estimate of drug-likeness (QED) is 0.594. The predicted octanol–water partition coefficient (Wildman–Crippen LogP) is 3.66. The van der Waals surface area contributed by atoms with Crippen LogP contribution in [-0.4, -0.2) is 11.2 Å². The summed E-state index contributed by atoms with van der Waals surface area (Å²) in [5, 5.41) is 5.81. The number of anilines is 1. The van der Waals surface area contributed by atoms with Crippen LogP contribution in [0.15, 0.2) is 35.2 Å². The number of benzene rings is 2. The van der Waals surface area contributed by atoms with E-state index in [0.717, 1.165) is 16.2 Å². The van der Waals surface area contributed by atoms with Gasteiger partial charge in [0.25, 0.3) is 0 Å². The molecule has 1 N–H and O–H groups in total. The highest BCUT2D eigenvalue weighted by atomic mass is 32.2. The molecule has 0 aliphatic carbocycles. The Balaban J connectivity index is 2.50. The van der Waals surface area contributed by atoms with Gasteiger partial charge in [0.05, 0.1) is 0 Å². The fraction of sp³-hybridized carbons (Fsp3) is 0.0833. The number of nitrogens with one attached hydrogen (secondary N) is 1. The van der Waals surface area contributed by atoms with Crippen LogP contribution in [-0.2, 0) is 0 Å². The minimum absolute atomic E-state index is 0.842. The van der Waals surface area contributed by atoms with Crippen LogP contribution in [0.4, 0.5) is 5.69 Å². The van der Waals surface area contributed by atoms with Gasteiger partial charge in [-0.25, -0.2) is 0 Å². The average Bonchev–Trinajstić information content (AvgIpc) is 2.59. The summed E-state index contributed by atoms with van der Waals surface area (Å²) in [4.78, 5) is 2.15. The monoisotopic (exact) mass is 231 g/mol. The lowest BCUT2D eigenvalue weighted by atomic mass is 10.1. The van der Waals surface area contributed by atoms with Crippen molar-refractivity contribution in [1.29, 1.82) is 0 Å². The van der Waals surface area contributed by atoms with Gasteiger partial charge in [0.1, 0.15) is 4.99 Å². The molecular weight excluding hydrogens is 222 g/mol. The second-order valence-corrected chi connectivity index (χ2v) is 4.75. The molecule has 0 atom stereocenters. The Morgan fingerprint density at radius 2 is 2.07 bits per heavy atom. The van der Waals surface area contributed by atoms with E-state index in [1.807, 2.05) is 0 Å². The van der Waals surface area contributed by atoms with E-state index in [2.05, 4.69) is 41.9 Å². The van der Waals surface area contributed by atoms with Crippen LogP contribution in [0, 0.1) is 0 Å². The Kier molecular flexibility index (Phi) is 1.97. The molecule has 0 amide bonds. The predicted molar refractivity (Wildman–Crippen MR) is 71.1 cm³/mol. The van der Waals surface area contributed by atoms with Crippen LogP contribution in [0.25, 0.3) is 10.8 Å². The Bertz CT molecular complexity index is 575. The van der Waals surface area contributed by atoms with Crippen molar-refractivity contribution in [2.24, 2.45) is 0 Å². The standard InChI is InChI=1S/C12H9NS2/c1-15-10-6-5-9-11-7(10)3-2-4-8(11)12(14)13-9/h2-6H,1H3,(H,13,14). The van der Waals surface area contributed by atoms with E-state index >= 15 is 0 Å². The molecule has 3 heteroatoms. The molecule has 15 heavy (non-hydrogen) atoms. The normalized spacial score (nSPS) is 13.3. The van der Waals surface area contributed by atoms with Gasteiger partial charge < -0.3 is 5.32 Å². The van der Waals surface area contributed by atoms with Crippen molar-refractivity contribution >= 4 is 45.4 Å². The third-order valence-corrected chi connectivity index (χ3v) is 3.83. The molecule has 0 bridgehead atoms. The first kappa shape index (κ1) is 9.19. The maximum Gasteiger partial charge on any atom is 0.111 e. The van der Waals surface area contributed by atoms with E-state index in [1.54, 1.807) is 11.8 Å². The lowest BCUT2D eigenvalue weighted by Crippen LogP contribution is -2.01. The molecule has 2 aromatic rings. The van der Waals surface area contributed by atoms with Gasteiger partial charge in [0, 0.05) is 21.5 Å². The number of thiocarbonyl (C=S) groups is 1. The highest BCUT2D eigenvalue weighted by molar-refractivity contribution is 7.98. The Morgan fingerprint density at radius 3 is 2.87 bits per heavy atom. The van der Waals surface area contributed by atoms with Crippen molar-refractivity contribution in [3.8, 4) is 0 Å². The summed E-state index contributed by atoms with van der Waals surface area (Å²) in [6.07, 6.45) is 2.10. The molecule has 2 aromatic carbocycles. The van der Waals surface area contributed by atoms with E-state index in [0.29, 0.717) is 0 Å². The summed E-state index contributed by atoms with van der Waals surface area (Å²) in [7, 11) is 0. The Morgan fingerprint density at radius 1 is 1.20 bits per heavy atom. The molecule has 0 aromatic heterocycles. The first-order valence-corrected chi connectivity index (χ1v) is 6.35.